The number of hydrogen-bond donors (Lipinski definition) is 4. The van der Waals surface area contributed by atoms with E-state index in [0.29, 0.717) is 5.69 Å². The summed E-state index contributed by atoms with van der Waals surface area (Å²) in [5, 5.41) is 21.9. The van der Waals surface area contributed by atoms with E-state index in [-0.39, 0.29) is 18.3 Å². The van der Waals surface area contributed by atoms with Gasteiger partial charge < -0.3 is 21.3 Å². The first kappa shape index (κ1) is 13.4. The molecule has 0 aliphatic rings. The predicted octanol–water partition coefficient (Wildman–Crippen LogP) is -0.497. The predicted molar refractivity (Wildman–Crippen MR) is 63.0 cm³/mol. The molecular weight excluding hydrogens is 222 g/mol. The van der Waals surface area contributed by atoms with E-state index in [1.165, 1.54) is 6.92 Å². The summed E-state index contributed by atoms with van der Waals surface area (Å²) < 4.78 is 0. The van der Waals surface area contributed by atoms with E-state index >= 15 is 0 Å². The molecule has 6 heteroatoms. The van der Waals surface area contributed by atoms with Crippen LogP contribution in [0.2, 0.25) is 0 Å². The van der Waals surface area contributed by atoms with Crippen molar-refractivity contribution in [3.63, 3.8) is 0 Å². The van der Waals surface area contributed by atoms with E-state index in [9.17, 15) is 15.0 Å². The molecule has 0 spiro atoms. The van der Waals surface area contributed by atoms with Crippen LogP contribution >= 0.6 is 0 Å². The Bertz CT molecular complexity index is 389. The number of nitrogens with zero attached hydrogens (tertiary/aromatic N) is 1. The van der Waals surface area contributed by atoms with Crippen LogP contribution in [0.5, 0.6) is 0 Å². The van der Waals surface area contributed by atoms with Gasteiger partial charge in [0.1, 0.15) is 18.0 Å². The van der Waals surface area contributed by atoms with Gasteiger partial charge in [-0.15, -0.1) is 0 Å². The Morgan fingerprint density at radius 3 is 2.71 bits per heavy atom. The lowest BCUT2D eigenvalue weighted by atomic mass is 10.1. The molecule has 2 unspecified atom stereocenters. The van der Waals surface area contributed by atoms with Gasteiger partial charge in [-0.3, -0.25) is 4.79 Å². The van der Waals surface area contributed by atoms with E-state index in [1.54, 1.807) is 12.1 Å². The molecule has 1 aromatic heterocycles. The Morgan fingerprint density at radius 2 is 2.18 bits per heavy atom. The number of amides is 1. The fourth-order valence-electron chi connectivity index (χ4n) is 1.43. The number of nitrogens with two attached hydrogens (primary N) is 1. The number of aliphatic hydroxyl groups excluding tert-OH is 2. The van der Waals surface area contributed by atoms with Gasteiger partial charge >= 0.3 is 0 Å². The minimum Gasteiger partial charge on any atom is -0.388 e. The third kappa shape index (κ3) is 4.01. The van der Waals surface area contributed by atoms with Gasteiger partial charge in [0.25, 0.3) is 0 Å². The van der Waals surface area contributed by atoms with Crippen molar-refractivity contribution in [2.75, 3.05) is 12.3 Å². The molecule has 0 aromatic carbocycles. The quantitative estimate of drug-likeness (QED) is 0.566. The summed E-state index contributed by atoms with van der Waals surface area (Å²) in [5.41, 5.74) is 6.68. The molecule has 1 rings (SSSR count). The van der Waals surface area contributed by atoms with Crippen molar-refractivity contribution in [3.8, 4) is 0 Å². The third-order valence-corrected chi connectivity index (χ3v) is 2.24. The van der Waals surface area contributed by atoms with Crippen LogP contribution in [0, 0.1) is 6.92 Å². The number of nitrogens with one attached hydrogen (secondary N) is 1. The molecule has 2 atom stereocenters. The fourth-order valence-corrected chi connectivity index (χ4v) is 1.43. The standard InChI is InChI=1S/C11H17N3O3/c1-6-3-8(14-10(12)4-6)11(17)9(16)5-13-7(2)15/h3-4,9,11,16-17H,5H2,1-2H3,(H2,12,14)(H,13,15). The first-order valence-corrected chi connectivity index (χ1v) is 5.24. The van der Waals surface area contributed by atoms with Crippen LogP contribution in [-0.4, -0.2) is 33.8 Å². The molecule has 1 amide bonds. The highest BCUT2D eigenvalue weighted by molar-refractivity contribution is 5.72. The summed E-state index contributed by atoms with van der Waals surface area (Å²) in [6.07, 6.45) is -2.29. The number of pyridine rings is 1. The molecule has 0 saturated carbocycles. The Balaban J connectivity index is 2.73. The monoisotopic (exact) mass is 239 g/mol. The summed E-state index contributed by atoms with van der Waals surface area (Å²) in [5.74, 6) is 0.0127. The molecular formula is C11H17N3O3. The normalized spacial score (nSPS) is 14.1. The smallest absolute Gasteiger partial charge is 0.216 e. The number of carbonyl (C=O) groups excluding carboxylic acids is 1. The van der Waals surface area contributed by atoms with Crippen LogP contribution in [0.15, 0.2) is 12.1 Å². The van der Waals surface area contributed by atoms with Crippen molar-refractivity contribution in [2.45, 2.75) is 26.1 Å². The number of hydrogen-bond acceptors (Lipinski definition) is 5. The van der Waals surface area contributed by atoms with E-state index < -0.39 is 12.2 Å². The number of anilines is 1. The zero-order chi connectivity index (χ0) is 13.0. The van der Waals surface area contributed by atoms with Gasteiger partial charge in [0.15, 0.2) is 0 Å². The zero-order valence-corrected chi connectivity index (χ0v) is 9.84. The van der Waals surface area contributed by atoms with Crippen LogP contribution in [0.4, 0.5) is 5.82 Å². The Hall–Kier alpha value is -1.66. The Labute approximate surface area is 99.5 Å². The van der Waals surface area contributed by atoms with Crippen LogP contribution in [0.25, 0.3) is 0 Å². The van der Waals surface area contributed by atoms with E-state index in [1.807, 2.05) is 6.92 Å². The lowest BCUT2D eigenvalue weighted by molar-refractivity contribution is -0.119. The van der Waals surface area contributed by atoms with Crippen LogP contribution in [-0.2, 0) is 4.79 Å². The van der Waals surface area contributed by atoms with E-state index in [2.05, 4.69) is 10.3 Å². The molecule has 1 aromatic rings. The molecule has 0 radical (unpaired) electrons. The fraction of sp³-hybridized carbons (Fsp3) is 0.455. The van der Waals surface area contributed by atoms with Crippen molar-refractivity contribution in [1.29, 1.82) is 0 Å². The first-order chi connectivity index (χ1) is 7.90. The second-order valence-electron chi connectivity index (χ2n) is 3.94. The lowest BCUT2D eigenvalue weighted by Crippen LogP contribution is -2.34. The van der Waals surface area contributed by atoms with Crippen LogP contribution < -0.4 is 11.1 Å². The Morgan fingerprint density at radius 1 is 1.53 bits per heavy atom. The molecule has 0 aliphatic heterocycles. The molecule has 0 fully saturated rings. The zero-order valence-electron chi connectivity index (χ0n) is 9.84. The van der Waals surface area contributed by atoms with E-state index in [0.717, 1.165) is 5.56 Å². The molecule has 0 saturated heterocycles. The molecule has 6 nitrogen and oxygen atoms in total. The number of rotatable bonds is 4. The SMILES string of the molecule is CC(=O)NCC(O)C(O)c1cc(C)cc(N)n1. The average Bonchev–Trinajstić information content (AvgIpc) is 2.23. The maximum atomic E-state index is 10.7. The van der Waals surface area contributed by atoms with Gasteiger partial charge in [0.05, 0.1) is 5.69 Å². The molecule has 1 heterocycles. The second-order valence-corrected chi connectivity index (χ2v) is 3.94. The number of aliphatic hydroxyl groups is 2. The van der Waals surface area contributed by atoms with Crippen molar-refractivity contribution in [1.82, 2.24) is 10.3 Å². The summed E-state index contributed by atoms with van der Waals surface area (Å²) in [6, 6.07) is 3.30. The van der Waals surface area contributed by atoms with Crippen molar-refractivity contribution in [2.24, 2.45) is 0 Å². The largest absolute Gasteiger partial charge is 0.388 e. The van der Waals surface area contributed by atoms with Crippen molar-refractivity contribution in [3.05, 3.63) is 23.4 Å². The van der Waals surface area contributed by atoms with Gasteiger partial charge in [0, 0.05) is 13.5 Å². The maximum Gasteiger partial charge on any atom is 0.216 e. The van der Waals surface area contributed by atoms with Crippen LogP contribution in [0.1, 0.15) is 24.3 Å². The van der Waals surface area contributed by atoms with Crippen molar-refractivity contribution >= 4 is 11.7 Å². The minimum absolute atomic E-state index is 0.0357. The molecule has 17 heavy (non-hydrogen) atoms. The molecule has 0 bridgehead atoms. The van der Waals surface area contributed by atoms with Gasteiger partial charge in [-0.25, -0.2) is 4.98 Å². The first-order valence-electron chi connectivity index (χ1n) is 5.24. The van der Waals surface area contributed by atoms with Gasteiger partial charge in [-0.05, 0) is 24.6 Å². The summed E-state index contributed by atoms with van der Waals surface area (Å²) in [6.45, 7) is 3.11. The van der Waals surface area contributed by atoms with Crippen molar-refractivity contribution < 1.29 is 15.0 Å². The van der Waals surface area contributed by atoms with Gasteiger partial charge in [-0.1, -0.05) is 0 Å². The highest BCUT2D eigenvalue weighted by atomic mass is 16.3. The number of aromatic nitrogens is 1. The Kier molecular flexibility index (Phi) is 4.42. The number of aryl methyl sites for hydroxylation is 1. The lowest BCUT2D eigenvalue weighted by Gasteiger charge is -2.18. The van der Waals surface area contributed by atoms with E-state index in [4.69, 9.17) is 5.73 Å². The number of nitrogen functional groups attached to an aromatic ring is 1. The maximum absolute atomic E-state index is 10.7. The van der Waals surface area contributed by atoms with Gasteiger partial charge in [-0.2, -0.15) is 0 Å². The molecule has 5 N–H and O–H groups in total. The second kappa shape index (κ2) is 5.60. The minimum atomic E-state index is -1.18. The highest BCUT2D eigenvalue weighted by Crippen LogP contribution is 2.17. The summed E-state index contributed by atoms with van der Waals surface area (Å²) in [4.78, 5) is 14.6. The average molecular weight is 239 g/mol. The summed E-state index contributed by atoms with van der Waals surface area (Å²) in [7, 11) is 0. The third-order valence-electron chi connectivity index (χ3n) is 2.24. The van der Waals surface area contributed by atoms with Gasteiger partial charge in [0.2, 0.25) is 5.91 Å². The van der Waals surface area contributed by atoms with Crippen LogP contribution in [0.3, 0.4) is 0 Å². The highest BCUT2D eigenvalue weighted by Gasteiger charge is 2.20. The number of carbonyl (C=O) groups is 1. The molecule has 0 aliphatic carbocycles. The summed E-state index contributed by atoms with van der Waals surface area (Å²) >= 11 is 0. The molecule has 94 valence electrons. The topological polar surface area (TPSA) is 108 Å².